The average molecular weight is 1460 g/mol. The van der Waals surface area contributed by atoms with E-state index in [1.165, 1.54) is 28.7 Å². The largest absolute Gasteiger partial charge is 0.207 e. The standard InChI is InChI=1S/C106H114F4/c1-9-17-19-26-77-33-49-87(50-34-77)91-59-61-93(62-60-91)106(99(95-64-40-79(22-13-5)70-103(95)108)67-82-35-51-88(52-36-82)85-45-29-75(20-11-3)30-46-85,100(96-65-41-80(23-14-6)71-104(96)109)68-83-37-53-89(54-38-83)86-47-31-76(32-48-86)25-18-10-2)101(97-66-42-81(24-15-7)72-105(97)110)73-98(94-63-39-78(21-12-4)69-102(94)107)92-57-55-90(56-58-92)84-43-27-74(16-8)28-44-84/h27-66,69-72,98-101H,9-26,67-68,73H2,1-8H3. The maximum Gasteiger partial charge on any atom is 0.127 e. The molecule has 0 saturated heterocycles. The zero-order chi connectivity index (χ0) is 76.9. The molecule has 0 aromatic heterocycles. The lowest BCUT2D eigenvalue weighted by molar-refractivity contribution is 0.197. The van der Waals surface area contributed by atoms with Crippen LogP contribution < -0.4 is 0 Å². The highest BCUT2D eigenvalue weighted by molar-refractivity contribution is 5.68. The minimum absolute atomic E-state index is 0.123. The van der Waals surface area contributed by atoms with Crippen LogP contribution in [0.3, 0.4) is 0 Å². The molecular formula is C106H114F4. The zero-order valence-electron chi connectivity index (χ0n) is 66.6. The van der Waals surface area contributed by atoms with Crippen LogP contribution in [-0.2, 0) is 69.6 Å². The van der Waals surface area contributed by atoms with E-state index in [2.05, 4.69) is 274 Å². The third-order valence-corrected chi connectivity index (χ3v) is 23.6. The predicted molar refractivity (Wildman–Crippen MR) is 458 cm³/mol. The fraction of sp³-hybridized carbons (Fsp3) is 0.321. The van der Waals surface area contributed by atoms with E-state index in [1.54, 1.807) is 24.3 Å². The first-order chi connectivity index (χ1) is 53.8. The zero-order valence-corrected chi connectivity index (χ0v) is 66.6. The molecule has 110 heavy (non-hydrogen) atoms. The van der Waals surface area contributed by atoms with Crippen molar-refractivity contribution in [1.29, 1.82) is 0 Å². The Balaban J connectivity index is 1.22. The fourth-order valence-electron chi connectivity index (χ4n) is 17.6. The molecule has 0 N–H and O–H groups in total. The maximum absolute atomic E-state index is 19.6. The minimum Gasteiger partial charge on any atom is -0.207 e. The second-order valence-corrected chi connectivity index (χ2v) is 31.3. The summed E-state index contributed by atoms with van der Waals surface area (Å²) in [5.41, 5.74) is 20.8. The third kappa shape index (κ3) is 19.2. The summed E-state index contributed by atoms with van der Waals surface area (Å²) in [4.78, 5) is 0. The molecule has 5 atom stereocenters. The van der Waals surface area contributed by atoms with Crippen molar-refractivity contribution >= 4 is 0 Å². The summed E-state index contributed by atoms with van der Waals surface area (Å²) < 4.78 is 77.0. The van der Waals surface area contributed by atoms with E-state index >= 15 is 17.6 Å². The summed E-state index contributed by atoms with van der Waals surface area (Å²) in [6.45, 7) is 17.3. The second-order valence-electron chi connectivity index (χ2n) is 31.3. The quantitative estimate of drug-likeness (QED) is 0.0269. The van der Waals surface area contributed by atoms with Crippen molar-refractivity contribution in [2.45, 2.75) is 219 Å². The van der Waals surface area contributed by atoms with Crippen LogP contribution in [0, 0.1) is 23.3 Å². The first-order valence-corrected chi connectivity index (χ1v) is 41.7. The molecule has 0 aliphatic carbocycles. The molecule has 566 valence electrons. The van der Waals surface area contributed by atoms with Crippen LogP contribution >= 0.6 is 0 Å². The van der Waals surface area contributed by atoms with Gasteiger partial charge in [-0.25, -0.2) is 17.6 Å². The molecule has 5 unspecified atom stereocenters. The van der Waals surface area contributed by atoms with Gasteiger partial charge in [0.05, 0.1) is 0 Å². The summed E-state index contributed by atoms with van der Waals surface area (Å²) in [5.74, 6) is -4.98. The smallest absolute Gasteiger partial charge is 0.127 e. The van der Waals surface area contributed by atoms with E-state index in [-0.39, 0.29) is 36.7 Å². The lowest BCUT2D eigenvalue weighted by Crippen LogP contribution is -2.48. The number of halogens is 4. The first-order valence-electron chi connectivity index (χ1n) is 41.7. The molecule has 0 radical (unpaired) electrons. The first kappa shape index (κ1) is 79.9. The number of hydrogen-bond donors (Lipinski definition) is 0. The number of unbranched alkanes of at least 4 members (excludes halogenated alkanes) is 3. The average Bonchev–Trinajstić information content (AvgIpc) is 0.706. The number of benzene rings is 12. The van der Waals surface area contributed by atoms with Gasteiger partial charge in [0.1, 0.15) is 23.3 Å². The van der Waals surface area contributed by atoms with Crippen molar-refractivity contribution in [2.24, 2.45) is 0 Å². The Morgan fingerprint density at radius 1 is 0.236 bits per heavy atom. The van der Waals surface area contributed by atoms with E-state index in [0.29, 0.717) is 47.9 Å². The maximum atomic E-state index is 19.6. The summed E-state index contributed by atoms with van der Waals surface area (Å²) in [6, 6.07) is 93.5. The normalized spacial score (nSPS) is 13.2. The molecular weight excluding hydrogens is 1350 g/mol. The Labute approximate surface area is 656 Å². The molecule has 0 fully saturated rings. The van der Waals surface area contributed by atoms with Gasteiger partial charge in [-0.3, -0.25) is 0 Å². The Morgan fingerprint density at radius 3 is 0.836 bits per heavy atom. The summed E-state index contributed by atoms with van der Waals surface area (Å²) in [5, 5.41) is 0. The highest BCUT2D eigenvalue weighted by atomic mass is 19.1. The van der Waals surface area contributed by atoms with Gasteiger partial charge in [0.2, 0.25) is 0 Å². The molecule has 4 heteroatoms. The topological polar surface area (TPSA) is 0 Å². The molecule has 0 saturated carbocycles. The SMILES string of the molecule is CCCCCc1ccc(-c2ccc(C(C(Cc3ccc(-c4ccc(CCC)cc4)cc3)c3ccc(CCC)cc3F)(C(Cc3ccc(-c4ccc(CCCC)cc4)cc3)c3ccc(CCC)cc3F)C(CC(c3ccc(-c4ccc(CC)cc4)cc3)c3ccc(CCC)cc3F)c3ccc(CCC)cc3F)cc2)cc1. The number of hydrogen-bond acceptors (Lipinski definition) is 0. The van der Waals surface area contributed by atoms with Crippen LogP contribution in [0.25, 0.3) is 44.5 Å². The molecule has 0 spiro atoms. The molecule has 0 nitrogen and oxygen atoms in total. The van der Waals surface area contributed by atoms with E-state index < -0.39 is 34.9 Å². The van der Waals surface area contributed by atoms with Crippen molar-refractivity contribution in [3.05, 3.63) is 379 Å². The van der Waals surface area contributed by atoms with E-state index in [9.17, 15) is 0 Å². The van der Waals surface area contributed by atoms with Crippen LogP contribution in [0.15, 0.2) is 267 Å². The van der Waals surface area contributed by atoms with Gasteiger partial charge < -0.3 is 0 Å². The van der Waals surface area contributed by atoms with Crippen LogP contribution in [0.5, 0.6) is 0 Å². The van der Waals surface area contributed by atoms with E-state index in [1.807, 2.05) is 24.3 Å². The van der Waals surface area contributed by atoms with E-state index in [0.717, 1.165) is 172 Å². The molecule has 0 bridgehead atoms. The molecule has 12 aromatic rings. The third-order valence-electron chi connectivity index (χ3n) is 23.6. The molecule has 0 aliphatic rings. The van der Waals surface area contributed by atoms with Crippen molar-refractivity contribution in [1.82, 2.24) is 0 Å². The molecule has 12 rings (SSSR count). The second kappa shape index (κ2) is 38.8. The summed E-state index contributed by atoms with van der Waals surface area (Å²) in [6.07, 6.45) is 17.2. The fourth-order valence-corrected chi connectivity index (χ4v) is 17.6. The molecule has 0 amide bonds. The monoisotopic (exact) mass is 1460 g/mol. The van der Waals surface area contributed by atoms with Gasteiger partial charge in [0.25, 0.3) is 0 Å². The Kier molecular flexibility index (Phi) is 28.2. The van der Waals surface area contributed by atoms with Gasteiger partial charge in [0.15, 0.2) is 0 Å². The molecule has 12 aromatic carbocycles. The van der Waals surface area contributed by atoms with Crippen molar-refractivity contribution in [3.63, 3.8) is 0 Å². The Bertz CT molecular complexity index is 4800. The highest BCUT2D eigenvalue weighted by Gasteiger charge is 2.56. The Morgan fingerprint density at radius 2 is 0.509 bits per heavy atom. The van der Waals surface area contributed by atoms with Crippen LogP contribution in [0.1, 0.15) is 239 Å². The van der Waals surface area contributed by atoms with Crippen molar-refractivity contribution in [3.8, 4) is 44.5 Å². The van der Waals surface area contributed by atoms with E-state index in [4.69, 9.17) is 0 Å². The van der Waals surface area contributed by atoms with Gasteiger partial charge in [-0.05, 0) is 247 Å². The van der Waals surface area contributed by atoms with Gasteiger partial charge in [-0.2, -0.15) is 0 Å². The highest BCUT2D eigenvalue weighted by Crippen LogP contribution is 2.63. The summed E-state index contributed by atoms with van der Waals surface area (Å²) in [7, 11) is 0. The van der Waals surface area contributed by atoms with Gasteiger partial charge in [-0.1, -0.05) is 349 Å². The van der Waals surface area contributed by atoms with Gasteiger partial charge in [0, 0.05) is 23.2 Å². The predicted octanol–water partition coefficient (Wildman–Crippen LogP) is 29.6. The van der Waals surface area contributed by atoms with Crippen LogP contribution in [0.2, 0.25) is 0 Å². The van der Waals surface area contributed by atoms with Gasteiger partial charge in [-0.15, -0.1) is 0 Å². The Hall–Kier alpha value is -9.64. The van der Waals surface area contributed by atoms with Crippen molar-refractivity contribution in [2.75, 3.05) is 0 Å². The van der Waals surface area contributed by atoms with Gasteiger partial charge >= 0.3 is 0 Å². The van der Waals surface area contributed by atoms with Crippen molar-refractivity contribution < 1.29 is 17.6 Å². The number of aryl methyl sites for hydroxylation is 8. The molecule has 0 heterocycles. The minimum atomic E-state index is -1.55. The van der Waals surface area contributed by atoms with Crippen LogP contribution in [-0.4, -0.2) is 0 Å². The summed E-state index contributed by atoms with van der Waals surface area (Å²) >= 11 is 0. The lowest BCUT2D eigenvalue weighted by Gasteiger charge is -2.54. The van der Waals surface area contributed by atoms with Crippen LogP contribution in [0.4, 0.5) is 17.6 Å². The lowest BCUT2D eigenvalue weighted by atomic mass is 9.48. The molecule has 0 aliphatic heterocycles. The number of rotatable bonds is 37.